The van der Waals surface area contributed by atoms with Crippen LogP contribution in [0, 0.1) is 0 Å². The van der Waals surface area contributed by atoms with Gasteiger partial charge in [0.1, 0.15) is 5.75 Å². The number of ether oxygens (including phenoxy) is 1. The topological polar surface area (TPSA) is 84.1 Å². The van der Waals surface area contributed by atoms with Crippen LogP contribution < -0.4 is 9.46 Å². The van der Waals surface area contributed by atoms with Gasteiger partial charge < -0.3 is 9.72 Å². The summed E-state index contributed by atoms with van der Waals surface area (Å²) >= 11 is 0. The zero-order valence-corrected chi connectivity index (χ0v) is 10.9. The highest BCUT2D eigenvalue weighted by molar-refractivity contribution is 7.89. The lowest BCUT2D eigenvalue weighted by molar-refractivity contribution is 0.356. The van der Waals surface area contributed by atoms with Gasteiger partial charge in [0.2, 0.25) is 10.0 Å². The summed E-state index contributed by atoms with van der Waals surface area (Å²) in [5.41, 5.74) is 1.65. The molecule has 0 saturated carbocycles. The molecule has 2 N–H and O–H groups in total. The molecule has 100 valence electrons. The zero-order valence-electron chi connectivity index (χ0n) is 10.1. The van der Waals surface area contributed by atoms with Crippen LogP contribution in [0.3, 0.4) is 0 Å². The summed E-state index contributed by atoms with van der Waals surface area (Å²) in [7, 11) is -3.51. The van der Waals surface area contributed by atoms with Crippen LogP contribution in [-0.2, 0) is 23.0 Å². The summed E-state index contributed by atoms with van der Waals surface area (Å²) in [6, 6.07) is 4.92. The third-order valence-electron chi connectivity index (χ3n) is 2.98. The van der Waals surface area contributed by atoms with Crippen molar-refractivity contribution in [3.05, 3.63) is 42.0 Å². The molecule has 0 spiro atoms. The van der Waals surface area contributed by atoms with E-state index in [2.05, 4.69) is 14.7 Å². The van der Waals surface area contributed by atoms with Crippen LogP contribution in [0.25, 0.3) is 0 Å². The van der Waals surface area contributed by atoms with Crippen molar-refractivity contribution in [1.82, 2.24) is 14.7 Å². The molecule has 0 bridgehead atoms. The molecule has 0 amide bonds. The summed E-state index contributed by atoms with van der Waals surface area (Å²) in [5.74, 6) is 0.771. The highest BCUT2D eigenvalue weighted by atomic mass is 32.2. The third kappa shape index (κ3) is 2.47. The minimum atomic E-state index is -3.51. The molecule has 2 aromatic rings. The molecule has 1 aromatic carbocycles. The first-order valence-electron chi connectivity index (χ1n) is 5.88. The van der Waals surface area contributed by atoms with Crippen molar-refractivity contribution in [2.75, 3.05) is 6.61 Å². The minimum Gasteiger partial charge on any atom is -0.493 e. The van der Waals surface area contributed by atoms with E-state index in [4.69, 9.17) is 4.74 Å². The Balaban J connectivity index is 1.80. The van der Waals surface area contributed by atoms with E-state index in [-0.39, 0.29) is 11.4 Å². The number of imidazole rings is 1. The quantitative estimate of drug-likeness (QED) is 0.868. The maximum atomic E-state index is 12.1. The number of rotatable bonds is 4. The molecule has 1 aliphatic heterocycles. The molecule has 0 saturated heterocycles. The minimum absolute atomic E-state index is 0.190. The average molecular weight is 279 g/mol. The van der Waals surface area contributed by atoms with Crippen molar-refractivity contribution in [1.29, 1.82) is 0 Å². The van der Waals surface area contributed by atoms with Crippen LogP contribution in [0.4, 0.5) is 0 Å². The van der Waals surface area contributed by atoms with Crippen LogP contribution >= 0.6 is 0 Å². The standard InChI is InChI=1S/C12H13N3O3S/c16-19(17,15-7-10-6-13-8-14-10)11-1-2-12-9(5-11)3-4-18-12/h1-2,5-6,8,15H,3-4,7H2,(H,13,14). The number of benzene rings is 1. The molecule has 0 fully saturated rings. The van der Waals surface area contributed by atoms with Gasteiger partial charge in [-0.25, -0.2) is 18.1 Å². The fourth-order valence-corrected chi connectivity index (χ4v) is 3.02. The van der Waals surface area contributed by atoms with Crippen molar-refractivity contribution < 1.29 is 13.2 Å². The van der Waals surface area contributed by atoms with Crippen molar-refractivity contribution in [2.24, 2.45) is 0 Å². The molecule has 0 radical (unpaired) electrons. The van der Waals surface area contributed by atoms with E-state index >= 15 is 0 Å². The molecular formula is C12H13N3O3S. The molecule has 0 atom stereocenters. The maximum Gasteiger partial charge on any atom is 0.240 e. The summed E-state index contributed by atoms with van der Waals surface area (Å²) in [6.07, 6.45) is 3.84. The van der Waals surface area contributed by atoms with Crippen molar-refractivity contribution >= 4 is 10.0 Å². The molecule has 7 heteroatoms. The van der Waals surface area contributed by atoms with Gasteiger partial charge in [-0.1, -0.05) is 0 Å². The average Bonchev–Trinajstić information content (AvgIpc) is 3.06. The van der Waals surface area contributed by atoms with Crippen molar-refractivity contribution in [2.45, 2.75) is 17.9 Å². The molecule has 1 aliphatic rings. The van der Waals surface area contributed by atoms with Crippen LogP contribution in [0.15, 0.2) is 35.6 Å². The van der Waals surface area contributed by atoms with Crippen LogP contribution in [0.2, 0.25) is 0 Å². The Morgan fingerprint density at radius 2 is 2.32 bits per heavy atom. The zero-order chi connectivity index (χ0) is 13.3. The highest BCUT2D eigenvalue weighted by Gasteiger charge is 2.19. The predicted molar refractivity (Wildman–Crippen MR) is 68.3 cm³/mol. The normalized spacial score (nSPS) is 14.1. The van der Waals surface area contributed by atoms with Gasteiger partial charge in [-0.3, -0.25) is 0 Å². The van der Waals surface area contributed by atoms with E-state index < -0.39 is 10.0 Å². The smallest absolute Gasteiger partial charge is 0.240 e. The first-order valence-corrected chi connectivity index (χ1v) is 7.36. The van der Waals surface area contributed by atoms with Crippen LogP contribution in [0.5, 0.6) is 5.75 Å². The lowest BCUT2D eigenvalue weighted by Gasteiger charge is -2.07. The fraction of sp³-hybridized carbons (Fsp3) is 0.250. The Hall–Kier alpha value is -1.86. The molecule has 6 nitrogen and oxygen atoms in total. The van der Waals surface area contributed by atoms with Crippen molar-refractivity contribution in [3.63, 3.8) is 0 Å². The maximum absolute atomic E-state index is 12.1. The van der Waals surface area contributed by atoms with Crippen molar-refractivity contribution in [3.8, 4) is 5.75 Å². The first kappa shape index (κ1) is 12.2. The number of sulfonamides is 1. The third-order valence-corrected chi connectivity index (χ3v) is 4.38. The summed E-state index contributed by atoms with van der Waals surface area (Å²) in [4.78, 5) is 6.94. The number of nitrogens with zero attached hydrogens (tertiary/aromatic N) is 1. The number of hydrogen-bond donors (Lipinski definition) is 2. The fourth-order valence-electron chi connectivity index (χ4n) is 1.97. The predicted octanol–water partition coefficient (Wildman–Crippen LogP) is 0.823. The van der Waals surface area contributed by atoms with Gasteiger partial charge in [0.05, 0.1) is 24.4 Å². The summed E-state index contributed by atoms with van der Waals surface area (Å²) < 4.78 is 32.2. The van der Waals surface area contributed by atoms with Gasteiger partial charge in [-0.2, -0.15) is 0 Å². The van der Waals surface area contributed by atoms with Gasteiger partial charge in [-0.05, 0) is 23.8 Å². The SMILES string of the molecule is O=S(=O)(NCc1cnc[nH]1)c1ccc2c(c1)CCO2. The van der Waals surface area contributed by atoms with Crippen LogP contribution in [0.1, 0.15) is 11.3 Å². The van der Waals surface area contributed by atoms with E-state index in [1.54, 1.807) is 24.4 Å². The molecule has 1 aromatic heterocycles. The second kappa shape index (κ2) is 4.67. The number of aromatic amines is 1. The Kier molecular flexibility index (Phi) is 3.00. The number of fused-ring (bicyclic) bond motifs is 1. The Bertz CT molecular complexity index is 680. The number of nitrogens with one attached hydrogen (secondary N) is 2. The molecule has 3 rings (SSSR count). The largest absolute Gasteiger partial charge is 0.493 e. The van der Waals surface area contributed by atoms with Gasteiger partial charge in [-0.15, -0.1) is 0 Å². The van der Waals surface area contributed by atoms with E-state index in [0.717, 1.165) is 17.7 Å². The second-order valence-electron chi connectivity index (χ2n) is 4.27. The number of aromatic nitrogens is 2. The second-order valence-corrected chi connectivity index (χ2v) is 6.04. The Morgan fingerprint density at radius 3 is 3.11 bits per heavy atom. The van der Waals surface area contributed by atoms with E-state index in [0.29, 0.717) is 12.3 Å². The highest BCUT2D eigenvalue weighted by Crippen LogP contribution is 2.27. The van der Waals surface area contributed by atoms with Crippen LogP contribution in [-0.4, -0.2) is 25.0 Å². The molecule has 0 unspecified atom stereocenters. The number of hydrogen-bond acceptors (Lipinski definition) is 4. The van der Waals surface area contributed by atoms with E-state index in [1.165, 1.54) is 6.33 Å². The molecule has 2 heterocycles. The van der Waals surface area contributed by atoms with Gasteiger partial charge >= 0.3 is 0 Å². The molecular weight excluding hydrogens is 266 g/mol. The Labute approximate surface area is 110 Å². The summed E-state index contributed by atoms with van der Waals surface area (Å²) in [5, 5.41) is 0. The van der Waals surface area contributed by atoms with Gasteiger partial charge in [0.25, 0.3) is 0 Å². The van der Waals surface area contributed by atoms with E-state index in [1.807, 2.05) is 0 Å². The Morgan fingerprint density at radius 1 is 1.42 bits per heavy atom. The monoisotopic (exact) mass is 279 g/mol. The lowest BCUT2D eigenvalue weighted by atomic mass is 10.2. The van der Waals surface area contributed by atoms with Gasteiger partial charge in [0, 0.05) is 18.3 Å². The number of H-pyrrole nitrogens is 1. The lowest BCUT2D eigenvalue weighted by Crippen LogP contribution is -2.23. The van der Waals surface area contributed by atoms with E-state index in [9.17, 15) is 8.42 Å². The first-order chi connectivity index (χ1) is 9.15. The molecule has 0 aliphatic carbocycles. The summed E-state index contributed by atoms with van der Waals surface area (Å²) in [6.45, 7) is 0.802. The van der Waals surface area contributed by atoms with Gasteiger partial charge in [0.15, 0.2) is 0 Å². The molecule has 19 heavy (non-hydrogen) atoms.